The fraction of sp³-hybridized carbons (Fsp3) is 0.833. The Balaban J connectivity index is 2.52. The molecule has 0 aromatic heterocycles. The molecule has 1 heterocycles. The number of carbonyl (C=O) groups excluding carboxylic acids is 1. The number of amides is 2. The molecule has 1 saturated heterocycles. The van der Waals surface area contributed by atoms with Crippen molar-refractivity contribution < 1.29 is 19.4 Å². The summed E-state index contributed by atoms with van der Waals surface area (Å²) >= 11 is 0. The van der Waals surface area contributed by atoms with Gasteiger partial charge in [-0.05, 0) is 27.7 Å². The Morgan fingerprint density at radius 1 is 1.44 bits per heavy atom. The second kappa shape index (κ2) is 5.56. The molecule has 2 amide bonds. The van der Waals surface area contributed by atoms with Crippen LogP contribution in [-0.2, 0) is 9.53 Å². The molecule has 0 aliphatic carbocycles. The summed E-state index contributed by atoms with van der Waals surface area (Å²) in [6.45, 7) is 8.14. The van der Waals surface area contributed by atoms with Crippen molar-refractivity contribution in [1.82, 2.24) is 10.2 Å². The maximum Gasteiger partial charge on any atom is 0.317 e. The van der Waals surface area contributed by atoms with Gasteiger partial charge in [0.25, 0.3) is 0 Å². The highest BCUT2D eigenvalue weighted by Crippen LogP contribution is 2.15. The fourth-order valence-electron chi connectivity index (χ4n) is 1.66. The van der Waals surface area contributed by atoms with Gasteiger partial charge in [-0.3, -0.25) is 4.79 Å². The van der Waals surface area contributed by atoms with Crippen LogP contribution < -0.4 is 5.32 Å². The van der Waals surface area contributed by atoms with Crippen LogP contribution in [0.4, 0.5) is 4.79 Å². The van der Waals surface area contributed by atoms with Gasteiger partial charge in [0.1, 0.15) is 0 Å². The first kappa shape index (κ1) is 14.8. The number of carboxylic acid groups (broad SMARTS) is 1. The first-order valence-electron chi connectivity index (χ1n) is 6.13. The molecular weight excluding hydrogens is 236 g/mol. The fourth-order valence-corrected chi connectivity index (χ4v) is 1.66. The topological polar surface area (TPSA) is 78.9 Å². The van der Waals surface area contributed by atoms with E-state index in [1.807, 2.05) is 13.8 Å². The molecule has 1 aliphatic rings. The van der Waals surface area contributed by atoms with Gasteiger partial charge in [-0.25, -0.2) is 4.79 Å². The van der Waals surface area contributed by atoms with Crippen LogP contribution in [0.15, 0.2) is 0 Å². The zero-order chi connectivity index (χ0) is 13.9. The predicted molar refractivity (Wildman–Crippen MR) is 66.4 cm³/mol. The number of carbonyl (C=O) groups is 2. The number of ether oxygens (including phenoxy) is 1. The highest BCUT2D eigenvalue weighted by molar-refractivity contribution is 5.77. The van der Waals surface area contributed by atoms with Gasteiger partial charge in [0.15, 0.2) is 0 Å². The van der Waals surface area contributed by atoms with Crippen molar-refractivity contribution in [2.75, 3.05) is 19.7 Å². The molecule has 6 heteroatoms. The second-order valence-corrected chi connectivity index (χ2v) is 5.49. The molecule has 18 heavy (non-hydrogen) atoms. The van der Waals surface area contributed by atoms with E-state index >= 15 is 0 Å². The van der Waals surface area contributed by atoms with Crippen molar-refractivity contribution >= 4 is 12.0 Å². The van der Waals surface area contributed by atoms with Crippen LogP contribution in [0.3, 0.4) is 0 Å². The van der Waals surface area contributed by atoms with Crippen LogP contribution >= 0.6 is 0 Å². The molecule has 1 rings (SSSR count). The van der Waals surface area contributed by atoms with Gasteiger partial charge in [-0.2, -0.15) is 0 Å². The summed E-state index contributed by atoms with van der Waals surface area (Å²) in [6, 6.07) is -0.221. The van der Waals surface area contributed by atoms with Crippen LogP contribution in [0.25, 0.3) is 0 Å². The zero-order valence-electron chi connectivity index (χ0n) is 11.4. The van der Waals surface area contributed by atoms with E-state index in [1.54, 1.807) is 18.7 Å². The number of hydrogen-bond donors (Lipinski definition) is 2. The minimum absolute atomic E-state index is 0.00846. The van der Waals surface area contributed by atoms with Crippen molar-refractivity contribution in [2.45, 2.75) is 39.8 Å². The molecule has 0 saturated carbocycles. The molecule has 6 nitrogen and oxygen atoms in total. The molecule has 0 radical (unpaired) electrons. The highest BCUT2D eigenvalue weighted by atomic mass is 16.5. The molecule has 0 aromatic rings. The third-order valence-corrected chi connectivity index (χ3v) is 3.13. The summed E-state index contributed by atoms with van der Waals surface area (Å²) in [7, 11) is 0. The number of nitrogens with one attached hydrogen (secondary N) is 1. The van der Waals surface area contributed by atoms with Gasteiger partial charge in [0.2, 0.25) is 0 Å². The summed E-state index contributed by atoms with van der Waals surface area (Å²) in [6.07, 6.45) is 0.0134. The average Bonchev–Trinajstić information content (AvgIpc) is 2.29. The summed E-state index contributed by atoms with van der Waals surface area (Å²) in [5, 5.41) is 11.6. The predicted octanol–water partition coefficient (Wildman–Crippen LogP) is 0.916. The molecule has 2 N–H and O–H groups in total. The Morgan fingerprint density at radius 3 is 2.61 bits per heavy atom. The second-order valence-electron chi connectivity index (χ2n) is 5.49. The van der Waals surface area contributed by atoms with E-state index < -0.39 is 11.4 Å². The van der Waals surface area contributed by atoms with Crippen LogP contribution in [0.2, 0.25) is 0 Å². The van der Waals surface area contributed by atoms with Crippen LogP contribution in [0, 0.1) is 5.41 Å². The largest absolute Gasteiger partial charge is 0.481 e. The molecule has 2 unspecified atom stereocenters. The van der Waals surface area contributed by atoms with Gasteiger partial charge < -0.3 is 20.1 Å². The minimum atomic E-state index is -0.962. The monoisotopic (exact) mass is 258 g/mol. The van der Waals surface area contributed by atoms with Crippen LogP contribution in [0.1, 0.15) is 27.7 Å². The Labute approximate surface area is 107 Å². The van der Waals surface area contributed by atoms with Crippen molar-refractivity contribution in [2.24, 2.45) is 5.41 Å². The number of urea groups is 1. The Kier molecular flexibility index (Phi) is 4.56. The normalized spacial score (nSPS) is 24.8. The van der Waals surface area contributed by atoms with E-state index in [-0.39, 0.29) is 24.7 Å². The minimum Gasteiger partial charge on any atom is -0.481 e. The highest BCUT2D eigenvalue weighted by Gasteiger charge is 2.31. The number of morpholine rings is 1. The molecule has 0 aromatic carbocycles. The van der Waals surface area contributed by atoms with Gasteiger partial charge in [0.05, 0.1) is 24.2 Å². The molecular formula is C12H22N2O4. The van der Waals surface area contributed by atoms with E-state index in [4.69, 9.17) is 9.84 Å². The van der Waals surface area contributed by atoms with Crippen LogP contribution in [-0.4, -0.2) is 53.8 Å². The van der Waals surface area contributed by atoms with E-state index in [0.717, 1.165) is 0 Å². The number of nitrogens with zero attached hydrogens (tertiary/aromatic N) is 1. The zero-order valence-corrected chi connectivity index (χ0v) is 11.4. The summed E-state index contributed by atoms with van der Waals surface area (Å²) in [5.74, 6) is -0.925. The lowest BCUT2D eigenvalue weighted by atomic mass is 9.94. The lowest BCUT2D eigenvalue weighted by Crippen LogP contribution is -2.55. The van der Waals surface area contributed by atoms with E-state index in [1.165, 1.54) is 0 Å². The van der Waals surface area contributed by atoms with Gasteiger partial charge in [0, 0.05) is 13.1 Å². The third-order valence-electron chi connectivity index (χ3n) is 3.13. The molecule has 1 fully saturated rings. The van der Waals surface area contributed by atoms with E-state index in [0.29, 0.717) is 13.2 Å². The lowest BCUT2D eigenvalue weighted by molar-refractivity contribution is -0.146. The molecule has 0 spiro atoms. The molecule has 2 atom stereocenters. The van der Waals surface area contributed by atoms with Gasteiger partial charge in [-0.15, -0.1) is 0 Å². The Morgan fingerprint density at radius 2 is 2.06 bits per heavy atom. The summed E-state index contributed by atoms with van der Waals surface area (Å²) in [4.78, 5) is 24.6. The lowest BCUT2D eigenvalue weighted by Gasteiger charge is -2.37. The van der Waals surface area contributed by atoms with Crippen LogP contribution in [0.5, 0.6) is 0 Å². The van der Waals surface area contributed by atoms with E-state index in [2.05, 4.69) is 5.32 Å². The molecule has 104 valence electrons. The average molecular weight is 258 g/mol. The van der Waals surface area contributed by atoms with Crippen molar-refractivity contribution in [3.05, 3.63) is 0 Å². The summed E-state index contributed by atoms with van der Waals surface area (Å²) < 4.78 is 5.44. The molecule has 0 bridgehead atoms. The quantitative estimate of drug-likeness (QED) is 0.789. The Hall–Kier alpha value is -1.30. The maximum atomic E-state index is 12.0. The van der Waals surface area contributed by atoms with Crippen molar-refractivity contribution in [3.8, 4) is 0 Å². The van der Waals surface area contributed by atoms with Crippen molar-refractivity contribution in [3.63, 3.8) is 0 Å². The maximum absolute atomic E-state index is 12.0. The third kappa shape index (κ3) is 3.60. The van der Waals surface area contributed by atoms with Gasteiger partial charge >= 0.3 is 12.0 Å². The number of carboxylic acids is 1. The number of hydrogen-bond acceptors (Lipinski definition) is 3. The number of rotatable bonds is 3. The Bertz CT molecular complexity index is 330. The van der Waals surface area contributed by atoms with Gasteiger partial charge in [-0.1, -0.05) is 0 Å². The smallest absolute Gasteiger partial charge is 0.317 e. The standard InChI is InChI=1S/C12H22N2O4/c1-8-6-18-9(2)5-14(8)11(17)13-7-12(3,4)10(15)16/h8-9H,5-7H2,1-4H3,(H,13,17)(H,15,16). The first-order valence-corrected chi connectivity index (χ1v) is 6.13. The number of aliphatic carboxylic acids is 1. The van der Waals surface area contributed by atoms with E-state index in [9.17, 15) is 9.59 Å². The summed E-state index contributed by atoms with van der Waals surface area (Å²) in [5.41, 5.74) is -0.962. The molecule has 1 aliphatic heterocycles. The first-order chi connectivity index (χ1) is 8.24. The SMILES string of the molecule is CC1CN(C(=O)NCC(C)(C)C(=O)O)C(C)CO1. The van der Waals surface area contributed by atoms with Crippen molar-refractivity contribution in [1.29, 1.82) is 0 Å².